The van der Waals surface area contributed by atoms with E-state index in [2.05, 4.69) is 45.9 Å². The molecule has 1 aliphatic rings. The van der Waals surface area contributed by atoms with Gasteiger partial charge in [-0.05, 0) is 25.7 Å². The normalized spacial score (nSPS) is 17.0. The van der Waals surface area contributed by atoms with Crippen LogP contribution in [0.1, 0.15) is 39.4 Å². The molecule has 1 aromatic heterocycles. The molecule has 2 rings (SSSR count). The molecule has 0 aromatic carbocycles. The maximum atomic E-state index is 5.17. The summed E-state index contributed by atoms with van der Waals surface area (Å²) in [5, 5.41) is 6.97. The molecule has 148 valence electrons. The van der Waals surface area contributed by atoms with Crippen LogP contribution in [0.15, 0.2) is 17.4 Å². The molecule has 1 fully saturated rings. The Balaban J connectivity index is 1.86. The molecule has 0 spiro atoms. The van der Waals surface area contributed by atoms with Gasteiger partial charge in [0.15, 0.2) is 5.96 Å². The van der Waals surface area contributed by atoms with Crippen molar-refractivity contribution >= 4 is 5.96 Å². The molecule has 7 heteroatoms. The van der Waals surface area contributed by atoms with E-state index in [0.717, 1.165) is 64.0 Å². The Morgan fingerprint density at radius 3 is 2.81 bits per heavy atom. The van der Waals surface area contributed by atoms with Crippen LogP contribution in [-0.2, 0) is 17.8 Å². The number of aromatic nitrogens is 2. The van der Waals surface area contributed by atoms with Gasteiger partial charge in [0, 0.05) is 58.3 Å². The molecule has 0 radical (unpaired) electrons. The first-order valence-corrected chi connectivity index (χ1v) is 9.88. The molecule has 0 atom stereocenters. The van der Waals surface area contributed by atoms with Crippen LogP contribution in [0.5, 0.6) is 0 Å². The fourth-order valence-corrected chi connectivity index (χ4v) is 3.24. The van der Waals surface area contributed by atoms with Gasteiger partial charge in [-0.25, -0.2) is 9.98 Å². The van der Waals surface area contributed by atoms with E-state index in [0.29, 0.717) is 18.5 Å². The van der Waals surface area contributed by atoms with Gasteiger partial charge in [-0.3, -0.25) is 0 Å². The van der Waals surface area contributed by atoms with Crippen LogP contribution in [-0.4, -0.2) is 66.3 Å². The number of ether oxygens (including phenoxy) is 1. The number of imidazole rings is 1. The largest absolute Gasteiger partial charge is 0.383 e. The Hall–Kier alpha value is -1.60. The summed E-state index contributed by atoms with van der Waals surface area (Å²) in [6, 6.07) is 0.474. The number of nitrogens with one attached hydrogen (secondary N) is 2. The van der Waals surface area contributed by atoms with Crippen molar-refractivity contribution in [3.05, 3.63) is 18.2 Å². The van der Waals surface area contributed by atoms with E-state index in [9.17, 15) is 0 Å². The fraction of sp³-hybridized carbons (Fsp3) is 0.789. The minimum absolute atomic E-state index is 0.474. The molecule has 1 saturated heterocycles. The number of nitrogens with zero attached hydrogens (tertiary/aromatic N) is 4. The second-order valence-electron chi connectivity index (χ2n) is 7.34. The van der Waals surface area contributed by atoms with E-state index in [1.165, 1.54) is 0 Å². The Bertz CT molecular complexity index is 534. The highest BCUT2D eigenvalue weighted by molar-refractivity contribution is 5.80. The van der Waals surface area contributed by atoms with Gasteiger partial charge in [0.05, 0.1) is 6.61 Å². The van der Waals surface area contributed by atoms with Gasteiger partial charge in [0.2, 0.25) is 0 Å². The number of likely N-dealkylation sites (tertiary alicyclic amines) is 1. The first kappa shape index (κ1) is 20.7. The van der Waals surface area contributed by atoms with Crippen molar-refractivity contribution in [2.24, 2.45) is 10.9 Å². The zero-order valence-corrected chi connectivity index (χ0v) is 16.9. The highest BCUT2D eigenvalue weighted by Crippen LogP contribution is 2.10. The van der Waals surface area contributed by atoms with Crippen molar-refractivity contribution in [2.45, 2.75) is 52.7 Å². The highest BCUT2D eigenvalue weighted by Gasteiger charge is 2.19. The summed E-state index contributed by atoms with van der Waals surface area (Å²) in [6.45, 7) is 13.0. The minimum Gasteiger partial charge on any atom is -0.383 e. The lowest BCUT2D eigenvalue weighted by atomic mass is 10.1. The number of guanidine groups is 1. The maximum absolute atomic E-state index is 5.17. The third-order valence-corrected chi connectivity index (χ3v) is 4.63. The molecule has 0 unspecified atom stereocenters. The van der Waals surface area contributed by atoms with Crippen LogP contribution in [0.4, 0.5) is 0 Å². The summed E-state index contributed by atoms with van der Waals surface area (Å²) in [5.74, 6) is 2.51. The van der Waals surface area contributed by atoms with E-state index >= 15 is 0 Å². The molecule has 2 heterocycles. The lowest BCUT2D eigenvalue weighted by molar-refractivity contribution is 0.128. The summed E-state index contributed by atoms with van der Waals surface area (Å²) in [4.78, 5) is 11.7. The second-order valence-corrected chi connectivity index (χ2v) is 7.34. The summed E-state index contributed by atoms with van der Waals surface area (Å²) < 4.78 is 7.37. The van der Waals surface area contributed by atoms with Crippen LogP contribution in [0.2, 0.25) is 0 Å². The van der Waals surface area contributed by atoms with Gasteiger partial charge >= 0.3 is 0 Å². The summed E-state index contributed by atoms with van der Waals surface area (Å²) >= 11 is 0. The Morgan fingerprint density at radius 1 is 1.38 bits per heavy atom. The molecule has 1 aromatic rings. The lowest BCUT2D eigenvalue weighted by Crippen LogP contribution is -2.49. The van der Waals surface area contributed by atoms with Crippen molar-refractivity contribution in [3.63, 3.8) is 0 Å². The van der Waals surface area contributed by atoms with Crippen LogP contribution >= 0.6 is 0 Å². The first-order valence-electron chi connectivity index (χ1n) is 9.88. The number of hydrogen-bond donors (Lipinski definition) is 2. The molecule has 0 aliphatic carbocycles. The van der Waals surface area contributed by atoms with Gasteiger partial charge in [-0.2, -0.15) is 0 Å². The smallest absolute Gasteiger partial charge is 0.191 e. The molecule has 2 N–H and O–H groups in total. The lowest BCUT2D eigenvalue weighted by Gasteiger charge is -2.32. The van der Waals surface area contributed by atoms with E-state index in [1.54, 1.807) is 7.11 Å². The van der Waals surface area contributed by atoms with Crippen LogP contribution in [0.3, 0.4) is 0 Å². The van der Waals surface area contributed by atoms with Crippen molar-refractivity contribution in [2.75, 3.05) is 39.9 Å². The first-order chi connectivity index (χ1) is 12.6. The van der Waals surface area contributed by atoms with Gasteiger partial charge in [0.1, 0.15) is 12.4 Å². The molecule has 0 saturated carbocycles. The predicted octanol–water partition coefficient (Wildman–Crippen LogP) is 1.70. The minimum atomic E-state index is 0.474. The predicted molar refractivity (Wildman–Crippen MR) is 106 cm³/mol. The molecular weight excluding hydrogens is 328 g/mol. The van der Waals surface area contributed by atoms with E-state index in [-0.39, 0.29) is 0 Å². The highest BCUT2D eigenvalue weighted by atomic mass is 16.5. The average molecular weight is 365 g/mol. The standard InChI is InChI=1S/C19H36N6O/c1-5-20-19(22-14-18-21-8-11-25(18)15-16(2)3)23-17-6-9-24(10-7-17)12-13-26-4/h8,11,16-17H,5-7,9-10,12-15H2,1-4H3,(H2,20,22,23). The maximum Gasteiger partial charge on any atom is 0.191 e. The quantitative estimate of drug-likeness (QED) is 0.516. The van der Waals surface area contributed by atoms with Gasteiger partial charge < -0.3 is 24.8 Å². The molecule has 0 bridgehead atoms. The van der Waals surface area contributed by atoms with Gasteiger partial charge in [-0.1, -0.05) is 13.8 Å². The Labute approximate surface area is 158 Å². The molecule has 0 amide bonds. The monoisotopic (exact) mass is 364 g/mol. The third kappa shape index (κ3) is 6.96. The summed E-state index contributed by atoms with van der Waals surface area (Å²) in [7, 11) is 1.76. The number of piperidine rings is 1. The van der Waals surface area contributed by atoms with Crippen molar-refractivity contribution in [1.82, 2.24) is 25.1 Å². The number of aliphatic imine (C=N–C) groups is 1. The number of rotatable bonds is 9. The van der Waals surface area contributed by atoms with Gasteiger partial charge in [0.25, 0.3) is 0 Å². The SMILES string of the molecule is CCNC(=NCc1nccn1CC(C)C)NC1CCN(CCOC)CC1. The zero-order chi connectivity index (χ0) is 18.8. The molecule has 7 nitrogen and oxygen atoms in total. The van der Waals surface area contributed by atoms with E-state index in [4.69, 9.17) is 9.73 Å². The Kier molecular flexibility index (Phi) is 8.91. The Morgan fingerprint density at radius 2 is 2.15 bits per heavy atom. The van der Waals surface area contributed by atoms with Crippen molar-refractivity contribution < 1.29 is 4.74 Å². The van der Waals surface area contributed by atoms with E-state index in [1.807, 2.05) is 12.4 Å². The summed E-state index contributed by atoms with van der Waals surface area (Å²) in [5.41, 5.74) is 0. The van der Waals surface area contributed by atoms with Crippen LogP contribution in [0, 0.1) is 5.92 Å². The van der Waals surface area contributed by atoms with E-state index < -0.39 is 0 Å². The average Bonchev–Trinajstić information content (AvgIpc) is 3.05. The zero-order valence-electron chi connectivity index (χ0n) is 16.9. The van der Waals surface area contributed by atoms with Gasteiger partial charge in [-0.15, -0.1) is 0 Å². The molecule has 26 heavy (non-hydrogen) atoms. The number of hydrogen-bond acceptors (Lipinski definition) is 4. The molecular formula is C19H36N6O. The number of methoxy groups -OCH3 is 1. The third-order valence-electron chi connectivity index (χ3n) is 4.63. The van der Waals surface area contributed by atoms with Crippen LogP contribution in [0.25, 0.3) is 0 Å². The van der Waals surface area contributed by atoms with Crippen molar-refractivity contribution in [3.8, 4) is 0 Å². The second kappa shape index (κ2) is 11.2. The molecule has 1 aliphatic heterocycles. The fourth-order valence-electron chi connectivity index (χ4n) is 3.24. The summed E-state index contributed by atoms with van der Waals surface area (Å²) in [6.07, 6.45) is 6.18. The van der Waals surface area contributed by atoms with Crippen LogP contribution < -0.4 is 10.6 Å². The van der Waals surface area contributed by atoms with Crippen molar-refractivity contribution in [1.29, 1.82) is 0 Å². The topological polar surface area (TPSA) is 66.7 Å².